The molecule has 0 spiro atoms. The van der Waals surface area contributed by atoms with Crippen LogP contribution >= 0.6 is 0 Å². The molecule has 0 bridgehead atoms. The van der Waals surface area contributed by atoms with Crippen molar-refractivity contribution in [3.63, 3.8) is 0 Å². The minimum absolute atomic E-state index is 0.0134. The van der Waals surface area contributed by atoms with Gasteiger partial charge in [-0.05, 0) is 19.1 Å². The number of hydrogen-bond acceptors (Lipinski definition) is 8. The van der Waals surface area contributed by atoms with Crippen LogP contribution in [-0.2, 0) is 6.61 Å². The van der Waals surface area contributed by atoms with Gasteiger partial charge in [0.25, 0.3) is 5.88 Å². The Kier molecular flexibility index (Phi) is 4.32. The highest BCUT2D eigenvalue weighted by Gasteiger charge is 2.20. The molecule has 0 saturated carbocycles. The second kappa shape index (κ2) is 6.94. The van der Waals surface area contributed by atoms with E-state index in [0.29, 0.717) is 17.1 Å². The van der Waals surface area contributed by atoms with Crippen LogP contribution in [0.1, 0.15) is 11.5 Å². The zero-order chi connectivity index (χ0) is 18.8. The molecule has 0 fully saturated rings. The molecule has 0 unspecified atom stereocenters. The smallest absolute Gasteiger partial charge is 0.387 e. The third kappa shape index (κ3) is 3.52. The molecule has 4 aromatic heterocycles. The predicted molar refractivity (Wildman–Crippen MR) is 86.2 cm³/mol. The second-order valence-corrected chi connectivity index (χ2v) is 5.42. The van der Waals surface area contributed by atoms with Gasteiger partial charge in [-0.25, -0.2) is 0 Å². The molecule has 0 aromatic carbocycles. The summed E-state index contributed by atoms with van der Waals surface area (Å²) in [4.78, 5) is 4.11. The van der Waals surface area contributed by atoms with E-state index in [4.69, 9.17) is 9.26 Å². The monoisotopic (exact) mass is 374 g/mol. The SMILES string of the molecule is Cc1cc(-c2nnc3cc(OC(F)F)c(OCc4ccccn4)nn23)no1. The predicted octanol–water partition coefficient (Wildman–Crippen LogP) is 2.66. The Balaban J connectivity index is 1.73. The molecule has 0 aliphatic carbocycles. The van der Waals surface area contributed by atoms with E-state index in [1.165, 1.54) is 10.6 Å². The van der Waals surface area contributed by atoms with Gasteiger partial charge in [0.15, 0.2) is 17.1 Å². The first-order valence-corrected chi connectivity index (χ1v) is 7.78. The number of ether oxygens (including phenoxy) is 2. The zero-order valence-electron chi connectivity index (χ0n) is 13.9. The summed E-state index contributed by atoms with van der Waals surface area (Å²) in [5.41, 5.74) is 1.18. The zero-order valence-corrected chi connectivity index (χ0v) is 13.9. The van der Waals surface area contributed by atoms with Crippen molar-refractivity contribution in [2.24, 2.45) is 0 Å². The maximum absolute atomic E-state index is 12.8. The van der Waals surface area contributed by atoms with E-state index in [1.807, 2.05) is 0 Å². The molecule has 0 amide bonds. The topological polar surface area (TPSA) is 100 Å². The summed E-state index contributed by atoms with van der Waals surface area (Å²) in [7, 11) is 0. The van der Waals surface area contributed by atoms with Crippen LogP contribution in [0.15, 0.2) is 41.1 Å². The van der Waals surface area contributed by atoms with Crippen LogP contribution in [0.4, 0.5) is 8.78 Å². The molecule has 27 heavy (non-hydrogen) atoms. The Hall–Kier alpha value is -3.63. The number of alkyl halides is 2. The van der Waals surface area contributed by atoms with E-state index < -0.39 is 6.61 Å². The average molecular weight is 374 g/mol. The summed E-state index contributed by atoms with van der Waals surface area (Å²) < 4.78 is 41.9. The van der Waals surface area contributed by atoms with Crippen molar-refractivity contribution < 1.29 is 22.8 Å². The van der Waals surface area contributed by atoms with Gasteiger partial charge >= 0.3 is 6.61 Å². The third-order valence-electron chi connectivity index (χ3n) is 3.48. The molecule has 0 aliphatic heterocycles. The molecule has 0 saturated heterocycles. The molecule has 0 radical (unpaired) electrons. The Morgan fingerprint density at radius 3 is 2.81 bits per heavy atom. The van der Waals surface area contributed by atoms with Crippen molar-refractivity contribution in [1.29, 1.82) is 0 Å². The number of pyridine rings is 1. The standard InChI is InChI=1S/C16H12F2N6O3/c1-9-6-11(23-27-9)14-21-20-13-7-12(26-16(17)18)15(22-24(13)14)25-8-10-4-2-3-5-19-10/h2-7,16H,8H2,1H3. The van der Waals surface area contributed by atoms with E-state index >= 15 is 0 Å². The van der Waals surface area contributed by atoms with Crippen LogP contribution in [0.3, 0.4) is 0 Å². The summed E-state index contributed by atoms with van der Waals surface area (Å²) in [5, 5.41) is 15.9. The van der Waals surface area contributed by atoms with Crippen LogP contribution in [0, 0.1) is 6.92 Å². The lowest BCUT2D eigenvalue weighted by Crippen LogP contribution is -2.09. The van der Waals surface area contributed by atoms with Crippen molar-refractivity contribution in [3.8, 4) is 23.1 Å². The molecule has 11 heteroatoms. The number of hydrogen-bond donors (Lipinski definition) is 0. The summed E-state index contributed by atoms with van der Waals surface area (Å²) in [6.45, 7) is -1.31. The third-order valence-corrected chi connectivity index (χ3v) is 3.48. The van der Waals surface area contributed by atoms with Crippen molar-refractivity contribution >= 4 is 5.65 Å². The van der Waals surface area contributed by atoms with Gasteiger partial charge in [0, 0.05) is 18.3 Å². The van der Waals surface area contributed by atoms with Crippen LogP contribution in [0.25, 0.3) is 17.2 Å². The quantitative estimate of drug-likeness (QED) is 0.508. The Morgan fingerprint density at radius 2 is 2.11 bits per heavy atom. The molecular weight excluding hydrogens is 362 g/mol. The first-order valence-electron chi connectivity index (χ1n) is 7.78. The lowest BCUT2D eigenvalue weighted by Gasteiger charge is -2.11. The van der Waals surface area contributed by atoms with Gasteiger partial charge in [0.2, 0.25) is 5.82 Å². The van der Waals surface area contributed by atoms with Crippen LogP contribution in [0.5, 0.6) is 11.6 Å². The van der Waals surface area contributed by atoms with E-state index in [9.17, 15) is 8.78 Å². The van der Waals surface area contributed by atoms with Gasteiger partial charge in [-0.15, -0.1) is 15.3 Å². The van der Waals surface area contributed by atoms with E-state index in [-0.39, 0.29) is 29.7 Å². The van der Waals surface area contributed by atoms with Crippen LogP contribution in [0.2, 0.25) is 0 Å². The molecule has 0 aliphatic rings. The summed E-state index contributed by atoms with van der Waals surface area (Å²) in [6, 6.07) is 8.17. The fourth-order valence-corrected chi connectivity index (χ4v) is 2.34. The molecule has 4 aromatic rings. The van der Waals surface area contributed by atoms with Crippen molar-refractivity contribution in [2.75, 3.05) is 0 Å². The Morgan fingerprint density at radius 1 is 1.22 bits per heavy atom. The fourth-order valence-electron chi connectivity index (χ4n) is 2.34. The molecule has 4 rings (SSSR count). The van der Waals surface area contributed by atoms with Crippen LogP contribution < -0.4 is 9.47 Å². The molecule has 4 heterocycles. The van der Waals surface area contributed by atoms with Crippen LogP contribution in [-0.4, -0.2) is 36.6 Å². The van der Waals surface area contributed by atoms with Gasteiger partial charge in [-0.3, -0.25) is 4.98 Å². The van der Waals surface area contributed by atoms with Gasteiger partial charge in [0.05, 0.1) is 5.69 Å². The summed E-state index contributed by atoms with van der Waals surface area (Å²) in [5.74, 6) is 0.428. The second-order valence-electron chi connectivity index (χ2n) is 5.42. The van der Waals surface area contributed by atoms with E-state index in [1.54, 1.807) is 37.4 Å². The normalized spacial score (nSPS) is 11.3. The average Bonchev–Trinajstić information content (AvgIpc) is 3.25. The summed E-state index contributed by atoms with van der Waals surface area (Å²) >= 11 is 0. The maximum atomic E-state index is 12.8. The maximum Gasteiger partial charge on any atom is 0.387 e. The fraction of sp³-hybridized carbons (Fsp3) is 0.188. The minimum Gasteiger partial charge on any atom is -0.468 e. The van der Waals surface area contributed by atoms with Crippen molar-refractivity contribution in [2.45, 2.75) is 20.1 Å². The lowest BCUT2D eigenvalue weighted by atomic mass is 10.3. The van der Waals surface area contributed by atoms with E-state index in [0.717, 1.165) is 0 Å². The lowest BCUT2D eigenvalue weighted by molar-refractivity contribution is -0.0520. The van der Waals surface area contributed by atoms with Gasteiger partial charge < -0.3 is 14.0 Å². The molecular formula is C16H12F2N6O3. The molecule has 138 valence electrons. The van der Waals surface area contributed by atoms with Crippen molar-refractivity contribution in [3.05, 3.63) is 48.0 Å². The Bertz CT molecular complexity index is 1070. The van der Waals surface area contributed by atoms with Gasteiger partial charge in [0.1, 0.15) is 12.4 Å². The van der Waals surface area contributed by atoms with Crippen molar-refractivity contribution in [1.82, 2.24) is 30.0 Å². The first-order chi connectivity index (χ1) is 13.1. The molecule has 9 nitrogen and oxygen atoms in total. The first kappa shape index (κ1) is 16.8. The highest BCUT2D eigenvalue weighted by Crippen LogP contribution is 2.29. The number of aryl methyl sites for hydroxylation is 1. The highest BCUT2D eigenvalue weighted by atomic mass is 19.3. The largest absolute Gasteiger partial charge is 0.468 e. The summed E-state index contributed by atoms with van der Waals surface area (Å²) in [6.07, 6.45) is 1.59. The number of nitrogens with zero attached hydrogens (tertiary/aromatic N) is 6. The number of aromatic nitrogens is 6. The number of fused-ring (bicyclic) bond motifs is 1. The Labute approximate surface area is 150 Å². The van der Waals surface area contributed by atoms with E-state index in [2.05, 4.69) is 30.2 Å². The molecule has 0 N–H and O–H groups in total. The molecule has 0 atom stereocenters. The number of rotatable bonds is 6. The van der Waals surface area contributed by atoms with Gasteiger partial charge in [-0.1, -0.05) is 11.2 Å². The highest BCUT2D eigenvalue weighted by molar-refractivity contribution is 5.56. The van der Waals surface area contributed by atoms with Gasteiger partial charge in [-0.2, -0.15) is 13.3 Å². The number of halogens is 2. The minimum atomic E-state index is -3.05.